The summed E-state index contributed by atoms with van der Waals surface area (Å²) in [6, 6.07) is 35.6. The van der Waals surface area contributed by atoms with Crippen molar-refractivity contribution in [2.45, 2.75) is 83.1 Å². The number of aryl methyl sites for hydroxylation is 2. The Bertz CT molecular complexity index is 1220. The molecule has 0 aliphatic carbocycles. The first-order chi connectivity index (χ1) is 18.7. The number of fused-ring (bicyclic) bond motifs is 2. The van der Waals surface area contributed by atoms with Gasteiger partial charge >= 0.3 is 0 Å². The van der Waals surface area contributed by atoms with Gasteiger partial charge in [-0.3, -0.25) is 0 Å². The fourth-order valence-electron chi connectivity index (χ4n) is 3.97. The first-order valence-corrected chi connectivity index (χ1v) is 14.8. The molecule has 0 aliphatic heterocycles. The number of benzene rings is 5. The second-order valence-corrected chi connectivity index (χ2v) is 7.71. The summed E-state index contributed by atoms with van der Waals surface area (Å²) in [6.07, 6.45) is 0. The van der Waals surface area contributed by atoms with Crippen molar-refractivity contribution < 1.29 is 0 Å². The van der Waals surface area contributed by atoms with Crippen LogP contribution in [-0.4, -0.2) is 0 Å². The van der Waals surface area contributed by atoms with Crippen molar-refractivity contribution in [3.05, 3.63) is 108 Å². The molecule has 0 unspecified atom stereocenters. The van der Waals surface area contributed by atoms with Crippen LogP contribution in [0.3, 0.4) is 0 Å². The van der Waals surface area contributed by atoms with Crippen LogP contribution in [0.1, 0.15) is 80.4 Å². The van der Waals surface area contributed by atoms with Crippen LogP contribution >= 0.6 is 0 Å². The molecule has 5 aromatic rings. The smallest absolute Gasteiger partial charge is 0.0177 e. The van der Waals surface area contributed by atoms with Crippen molar-refractivity contribution >= 4 is 21.5 Å². The summed E-state index contributed by atoms with van der Waals surface area (Å²) in [5.74, 6) is 0. The highest BCUT2D eigenvalue weighted by molar-refractivity contribution is 5.90. The number of hydrogen-bond donors (Lipinski definition) is 0. The van der Waals surface area contributed by atoms with Gasteiger partial charge in [0.25, 0.3) is 0 Å². The van der Waals surface area contributed by atoms with Crippen LogP contribution in [-0.2, 0) is 0 Å². The van der Waals surface area contributed by atoms with Crippen LogP contribution in [0.25, 0.3) is 43.8 Å². The topological polar surface area (TPSA) is 0 Å². The van der Waals surface area contributed by atoms with E-state index < -0.39 is 0 Å². The van der Waals surface area contributed by atoms with Crippen molar-refractivity contribution in [3.63, 3.8) is 0 Å². The van der Waals surface area contributed by atoms with Crippen molar-refractivity contribution in [2.75, 3.05) is 0 Å². The van der Waals surface area contributed by atoms with E-state index in [4.69, 9.17) is 0 Å². The van der Waals surface area contributed by atoms with Gasteiger partial charge in [0.1, 0.15) is 0 Å². The fraction of sp³-hybridized carbons (Fsp3) is 0.316. The van der Waals surface area contributed by atoms with Gasteiger partial charge in [-0.25, -0.2) is 0 Å². The second kappa shape index (κ2) is 19.7. The van der Waals surface area contributed by atoms with Gasteiger partial charge in [0.15, 0.2) is 0 Å². The molecule has 38 heavy (non-hydrogen) atoms. The highest BCUT2D eigenvalue weighted by Gasteiger charge is 2.05. The Kier molecular flexibility index (Phi) is 17.9. The average Bonchev–Trinajstić information content (AvgIpc) is 3.01. The zero-order valence-electron chi connectivity index (χ0n) is 26.2. The Balaban J connectivity index is 0.00000124. The minimum absolute atomic E-state index is 1.25. The molecule has 0 spiro atoms. The zero-order valence-corrected chi connectivity index (χ0v) is 26.2. The van der Waals surface area contributed by atoms with Crippen LogP contribution in [0, 0.1) is 13.8 Å². The van der Waals surface area contributed by atoms with Gasteiger partial charge in [0.05, 0.1) is 0 Å². The first-order valence-electron chi connectivity index (χ1n) is 14.8. The van der Waals surface area contributed by atoms with E-state index in [9.17, 15) is 0 Å². The van der Waals surface area contributed by atoms with Crippen LogP contribution in [0.2, 0.25) is 0 Å². The van der Waals surface area contributed by atoms with Gasteiger partial charge in [-0.2, -0.15) is 0 Å². The lowest BCUT2D eigenvalue weighted by Gasteiger charge is -2.09. The van der Waals surface area contributed by atoms with Crippen molar-refractivity contribution in [1.82, 2.24) is 0 Å². The highest BCUT2D eigenvalue weighted by atomic mass is 14.1. The Morgan fingerprint density at radius 3 is 0.947 bits per heavy atom. The van der Waals surface area contributed by atoms with Crippen LogP contribution < -0.4 is 0 Å². The summed E-state index contributed by atoms with van der Waals surface area (Å²) in [7, 11) is 0. The van der Waals surface area contributed by atoms with E-state index in [2.05, 4.69) is 111 Å². The summed E-state index contributed by atoms with van der Waals surface area (Å²) in [5, 5.41) is 5.17. The molecule has 5 aromatic carbocycles. The lowest BCUT2D eigenvalue weighted by molar-refractivity contribution is 1.50. The van der Waals surface area contributed by atoms with E-state index in [-0.39, 0.29) is 0 Å². The SMILES string of the molecule is CC.CC.CC.CC.CC.Cc1ccc2cc(-c3cccc(-c4ccc5cc(C)ccc5c4)c3)ccc2c1. The molecule has 0 fully saturated rings. The summed E-state index contributed by atoms with van der Waals surface area (Å²) in [4.78, 5) is 0. The van der Waals surface area contributed by atoms with E-state index in [0.29, 0.717) is 0 Å². The molecule has 0 atom stereocenters. The monoisotopic (exact) mass is 508 g/mol. The Labute approximate surface area is 234 Å². The second-order valence-electron chi connectivity index (χ2n) is 7.71. The van der Waals surface area contributed by atoms with Crippen LogP contribution in [0.4, 0.5) is 0 Å². The van der Waals surface area contributed by atoms with E-state index in [1.54, 1.807) is 0 Å². The number of hydrogen-bond acceptors (Lipinski definition) is 0. The molecule has 0 saturated heterocycles. The van der Waals surface area contributed by atoms with E-state index in [0.717, 1.165) is 0 Å². The third-order valence-corrected chi connectivity index (χ3v) is 5.52. The summed E-state index contributed by atoms with van der Waals surface area (Å²) < 4.78 is 0. The predicted octanol–water partition coefficient (Wildman–Crippen LogP) is 13.1. The van der Waals surface area contributed by atoms with E-state index >= 15 is 0 Å². The molecule has 0 N–H and O–H groups in total. The maximum atomic E-state index is 2.30. The van der Waals surface area contributed by atoms with Gasteiger partial charge in [-0.15, -0.1) is 0 Å². The Morgan fingerprint density at radius 2 is 0.579 bits per heavy atom. The minimum atomic E-state index is 1.25. The number of rotatable bonds is 2. The maximum Gasteiger partial charge on any atom is -0.0177 e. The molecule has 0 amide bonds. The molecule has 0 radical (unpaired) electrons. The molecular weight excluding hydrogens is 456 g/mol. The fourth-order valence-corrected chi connectivity index (χ4v) is 3.97. The van der Waals surface area contributed by atoms with Crippen molar-refractivity contribution in [2.24, 2.45) is 0 Å². The Morgan fingerprint density at radius 1 is 0.289 bits per heavy atom. The highest BCUT2D eigenvalue weighted by Crippen LogP contribution is 2.30. The van der Waals surface area contributed by atoms with Gasteiger partial charge in [-0.1, -0.05) is 159 Å². The molecule has 0 heteroatoms. The average molecular weight is 509 g/mol. The molecule has 0 heterocycles. The molecule has 0 saturated carbocycles. The molecule has 0 aromatic heterocycles. The molecule has 0 nitrogen and oxygen atoms in total. The van der Waals surface area contributed by atoms with Gasteiger partial charge in [0, 0.05) is 0 Å². The normalized spacial score (nSPS) is 9.05. The largest absolute Gasteiger partial charge is 0.0683 e. The van der Waals surface area contributed by atoms with Crippen molar-refractivity contribution in [1.29, 1.82) is 0 Å². The third kappa shape index (κ3) is 9.49. The van der Waals surface area contributed by atoms with Gasteiger partial charge in [-0.05, 0) is 75.8 Å². The lowest BCUT2D eigenvalue weighted by Crippen LogP contribution is -1.84. The lowest BCUT2D eigenvalue weighted by atomic mass is 9.95. The minimum Gasteiger partial charge on any atom is -0.0683 e. The molecule has 204 valence electrons. The summed E-state index contributed by atoms with van der Waals surface area (Å²) >= 11 is 0. The molecular formula is C38H52. The summed E-state index contributed by atoms with van der Waals surface area (Å²) in [6.45, 7) is 24.3. The van der Waals surface area contributed by atoms with Crippen LogP contribution in [0.15, 0.2) is 97.1 Å². The zero-order chi connectivity index (χ0) is 29.1. The molecule has 0 aliphatic rings. The quantitative estimate of drug-likeness (QED) is 0.222. The van der Waals surface area contributed by atoms with Gasteiger partial charge in [0.2, 0.25) is 0 Å². The third-order valence-electron chi connectivity index (χ3n) is 5.52. The predicted molar refractivity (Wildman–Crippen MR) is 179 cm³/mol. The molecule has 5 rings (SSSR count). The summed E-state index contributed by atoms with van der Waals surface area (Å²) in [5.41, 5.74) is 7.62. The van der Waals surface area contributed by atoms with E-state index in [1.807, 2.05) is 69.2 Å². The maximum absolute atomic E-state index is 2.30. The van der Waals surface area contributed by atoms with Gasteiger partial charge < -0.3 is 0 Å². The van der Waals surface area contributed by atoms with E-state index in [1.165, 1.54) is 54.9 Å². The Hall–Kier alpha value is -3.38. The van der Waals surface area contributed by atoms with Crippen molar-refractivity contribution in [3.8, 4) is 22.3 Å². The first kappa shape index (κ1) is 34.6. The van der Waals surface area contributed by atoms with Crippen LogP contribution in [0.5, 0.6) is 0 Å². The molecule has 0 bridgehead atoms. The standard InChI is InChI=1S/C28H22.5C2H6/c1-19-6-8-25-17-27(12-10-23(25)14-19)21-4-3-5-22(16-21)28-13-11-24-15-20(2)7-9-26(24)18-28;5*1-2/h3-18H,1-2H3;5*1-2H3.